The van der Waals surface area contributed by atoms with Crippen LogP contribution in [0.25, 0.3) is 5.82 Å². The van der Waals surface area contributed by atoms with E-state index in [0.29, 0.717) is 5.95 Å². The van der Waals surface area contributed by atoms with E-state index in [2.05, 4.69) is 20.4 Å². The summed E-state index contributed by atoms with van der Waals surface area (Å²) in [5.41, 5.74) is 2.41. The van der Waals surface area contributed by atoms with Crippen LogP contribution < -0.4 is 11.3 Å². The summed E-state index contributed by atoms with van der Waals surface area (Å²) in [5, 5.41) is 0. The number of anilines is 1. The third kappa shape index (κ3) is 1.79. The molecule has 2 heterocycles. The molecule has 0 spiro atoms. The number of nitrogen functional groups attached to an aromatic ring is 1. The molecule has 0 radical (unpaired) electrons. The van der Waals surface area contributed by atoms with Gasteiger partial charge >= 0.3 is 0 Å². The molecule has 0 aliphatic carbocycles. The second kappa shape index (κ2) is 4.05. The van der Waals surface area contributed by atoms with Gasteiger partial charge in [0.2, 0.25) is 5.95 Å². The average molecular weight is 204 g/mol. The highest BCUT2D eigenvalue weighted by Crippen LogP contribution is 2.09. The molecule has 2 aromatic heterocycles. The van der Waals surface area contributed by atoms with Crippen molar-refractivity contribution in [2.24, 2.45) is 5.84 Å². The van der Waals surface area contributed by atoms with Gasteiger partial charge in [-0.05, 0) is 6.07 Å². The van der Waals surface area contributed by atoms with Crippen molar-refractivity contribution in [3.8, 4) is 5.82 Å². The number of rotatable bonds is 3. The lowest BCUT2D eigenvalue weighted by Gasteiger charge is -2.06. The number of nitrogens with one attached hydrogen (secondary N) is 1. The van der Waals surface area contributed by atoms with Crippen molar-refractivity contribution in [3.05, 3.63) is 30.5 Å². The Labute approximate surface area is 87.2 Å². The van der Waals surface area contributed by atoms with E-state index in [4.69, 9.17) is 5.84 Å². The van der Waals surface area contributed by atoms with Crippen molar-refractivity contribution in [2.75, 3.05) is 5.43 Å². The van der Waals surface area contributed by atoms with E-state index >= 15 is 0 Å². The van der Waals surface area contributed by atoms with Gasteiger partial charge in [-0.15, -0.1) is 0 Å². The van der Waals surface area contributed by atoms with Gasteiger partial charge in [-0.3, -0.25) is 9.99 Å². The molecule has 0 saturated carbocycles. The molecule has 2 aromatic rings. The Bertz CT molecular complexity index is 449. The number of hydrogen-bond acceptors (Lipinski definition) is 5. The van der Waals surface area contributed by atoms with Gasteiger partial charge in [0, 0.05) is 25.0 Å². The summed E-state index contributed by atoms with van der Waals surface area (Å²) in [6.45, 7) is 2.04. The number of hydrazine groups is 1. The molecule has 0 atom stereocenters. The third-order valence-electron chi connectivity index (χ3n) is 2.05. The molecular weight excluding hydrogens is 192 g/mol. The highest BCUT2D eigenvalue weighted by Gasteiger charge is 2.04. The first-order valence-electron chi connectivity index (χ1n) is 4.67. The van der Waals surface area contributed by atoms with E-state index in [1.807, 2.05) is 23.8 Å². The summed E-state index contributed by atoms with van der Waals surface area (Å²) >= 11 is 0. The second-order valence-electron chi connectivity index (χ2n) is 2.95. The largest absolute Gasteiger partial charge is 0.292 e. The van der Waals surface area contributed by atoms with Crippen LogP contribution in [0, 0.1) is 0 Å². The average Bonchev–Trinajstić information content (AvgIpc) is 2.77. The number of nitrogens with two attached hydrogens (primary N) is 1. The van der Waals surface area contributed by atoms with Crippen molar-refractivity contribution in [3.63, 3.8) is 0 Å². The van der Waals surface area contributed by atoms with Crippen LogP contribution in [-0.4, -0.2) is 19.5 Å². The molecule has 0 aliphatic rings. The third-order valence-corrected chi connectivity index (χ3v) is 2.05. The van der Waals surface area contributed by atoms with Gasteiger partial charge in [0.15, 0.2) is 0 Å². The fourth-order valence-electron chi connectivity index (χ4n) is 1.36. The van der Waals surface area contributed by atoms with Crippen LogP contribution in [-0.2, 0) is 6.42 Å². The van der Waals surface area contributed by atoms with Crippen LogP contribution in [0.2, 0.25) is 0 Å². The molecule has 78 valence electrons. The van der Waals surface area contributed by atoms with Crippen molar-refractivity contribution in [1.29, 1.82) is 0 Å². The zero-order chi connectivity index (χ0) is 10.7. The quantitative estimate of drug-likeness (QED) is 0.562. The molecule has 0 bridgehead atoms. The van der Waals surface area contributed by atoms with Crippen molar-refractivity contribution < 1.29 is 0 Å². The van der Waals surface area contributed by atoms with Crippen LogP contribution >= 0.6 is 0 Å². The van der Waals surface area contributed by atoms with Gasteiger partial charge in [0.25, 0.3) is 0 Å². The number of hydrogen-bond donors (Lipinski definition) is 2. The number of aryl methyl sites for hydroxylation is 1. The Kier molecular flexibility index (Phi) is 2.59. The summed E-state index contributed by atoms with van der Waals surface area (Å²) in [7, 11) is 0. The van der Waals surface area contributed by atoms with Gasteiger partial charge in [-0.2, -0.15) is 4.98 Å². The number of aromatic nitrogens is 4. The summed E-state index contributed by atoms with van der Waals surface area (Å²) < 4.78 is 1.91. The lowest BCUT2D eigenvalue weighted by Crippen LogP contribution is -2.12. The second-order valence-corrected chi connectivity index (χ2v) is 2.95. The lowest BCUT2D eigenvalue weighted by atomic mass is 10.4. The van der Waals surface area contributed by atoms with Crippen LogP contribution in [0.4, 0.5) is 5.95 Å². The predicted molar refractivity (Wildman–Crippen MR) is 56.3 cm³/mol. The summed E-state index contributed by atoms with van der Waals surface area (Å²) in [5.74, 6) is 7.35. The van der Waals surface area contributed by atoms with Gasteiger partial charge in [-0.1, -0.05) is 6.92 Å². The monoisotopic (exact) mass is 204 g/mol. The molecule has 0 unspecified atom stereocenters. The molecule has 6 heteroatoms. The Balaban J connectivity index is 2.44. The van der Waals surface area contributed by atoms with E-state index < -0.39 is 0 Å². The van der Waals surface area contributed by atoms with Gasteiger partial charge in [0.05, 0.1) is 0 Å². The van der Waals surface area contributed by atoms with Gasteiger partial charge in [0.1, 0.15) is 11.6 Å². The molecule has 3 N–H and O–H groups in total. The normalized spacial score (nSPS) is 10.3. The van der Waals surface area contributed by atoms with E-state index in [1.54, 1.807) is 12.4 Å². The fraction of sp³-hybridized carbons (Fsp3) is 0.222. The summed E-state index contributed by atoms with van der Waals surface area (Å²) in [4.78, 5) is 12.4. The van der Waals surface area contributed by atoms with Crippen LogP contribution in [0.5, 0.6) is 0 Å². The van der Waals surface area contributed by atoms with E-state index in [0.717, 1.165) is 18.1 Å². The molecule has 2 rings (SSSR count). The minimum Gasteiger partial charge on any atom is -0.292 e. The molecule has 0 aromatic carbocycles. The highest BCUT2D eigenvalue weighted by atomic mass is 15.3. The Morgan fingerprint density at radius 2 is 2.27 bits per heavy atom. The fourth-order valence-corrected chi connectivity index (χ4v) is 1.36. The Morgan fingerprint density at radius 3 is 3.00 bits per heavy atom. The molecule has 0 aliphatic heterocycles. The zero-order valence-electron chi connectivity index (χ0n) is 8.38. The number of nitrogens with zero attached hydrogens (tertiary/aromatic N) is 4. The maximum absolute atomic E-state index is 5.24. The van der Waals surface area contributed by atoms with E-state index in [-0.39, 0.29) is 0 Å². The molecule has 15 heavy (non-hydrogen) atoms. The van der Waals surface area contributed by atoms with Crippen LogP contribution in [0.15, 0.2) is 24.7 Å². The smallest absolute Gasteiger partial charge is 0.239 e. The van der Waals surface area contributed by atoms with E-state index in [1.165, 1.54) is 0 Å². The zero-order valence-corrected chi connectivity index (χ0v) is 8.38. The minimum atomic E-state index is 0.392. The van der Waals surface area contributed by atoms with Crippen molar-refractivity contribution in [2.45, 2.75) is 13.3 Å². The first-order valence-corrected chi connectivity index (χ1v) is 4.67. The Hall–Kier alpha value is -1.95. The highest BCUT2D eigenvalue weighted by molar-refractivity contribution is 5.31. The van der Waals surface area contributed by atoms with Gasteiger partial charge in [-0.25, -0.2) is 15.8 Å². The minimum absolute atomic E-state index is 0.392. The predicted octanol–water partition coefficient (Wildman–Crippen LogP) is 0.510. The first kappa shape index (κ1) is 9.60. The molecule has 0 fully saturated rings. The standard InChI is InChI=1S/C9H12N6/c1-2-7-11-5-6-15(7)8-3-4-12-9(13-8)14-10/h3-6H,2,10H2,1H3,(H,12,13,14). The first-order chi connectivity index (χ1) is 7.35. The Morgan fingerprint density at radius 1 is 1.40 bits per heavy atom. The van der Waals surface area contributed by atoms with Crippen LogP contribution in [0.1, 0.15) is 12.7 Å². The topological polar surface area (TPSA) is 81.7 Å². The number of imidazole rings is 1. The maximum Gasteiger partial charge on any atom is 0.239 e. The SMILES string of the molecule is CCc1nccn1-c1ccnc(NN)n1. The molecule has 6 nitrogen and oxygen atoms in total. The summed E-state index contributed by atoms with van der Waals surface area (Å²) in [6, 6.07) is 1.81. The lowest BCUT2D eigenvalue weighted by molar-refractivity contribution is 0.861. The molecular formula is C9H12N6. The van der Waals surface area contributed by atoms with Crippen molar-refractivity contribution >= 4 is 5.95 Å². The van der Waals surface area contributed by atoms with Crippen LogP contribution in [0.3, 0.4) is 0 Å². The summed E-state index contributed by atoms with van der Waals surface area (Å²) in [6.07, 6.45) is 6.11. The van der Waals surface area contributed by atoms with Gasteiger partial charge < -0.3 is 0 Å². The maximum atomic E-state index is 5.24. The van der Waals surface area contributed by atoms with E-state index in [9.17, 15) is 0 Å². The molecule has 0 amide bonds. The van der Waals surface area contributed by atoms with Crippen molar-refractivity contribution in [1.82, 2.24) is 19.5 Å². The molecule has 0 saturated heterocycles.